The van der Waals surface area contributed by atoms with Gasteiger partial charge in [-0.2, -0.15) is 0 Å². The van der Waals surface area contributed by atoms with Crippen molar-refractivity contribution >= 4 is 38.2 Å². The lowest BCUT2D eigenvalue weighted by Gasteiger charge is -2.09. The Labute approximate surface area is 156 Å². The van der Waals surface area contributed by atoms with E-state index in [0.29, 0.717) is 22.3 Å². The number of fused-ring (bicyclic) bond motifs is 1. The smallest absolute Gasteiger partial charge is 0.228 e. The molecule has 3 rings (SSSR count). The summed E-state index contributed by atoms with van der Waals surface area (Å²) in [7, 11) is -3.53. The molecule has 0 saturated carbocycles. The van der Waals surface area contributed by atoms with Gasteiger partial charge in [-0.05, 0) is 43.3 Å². The average Bonchev–Trinajstić information content (AvgIpc) is 2.99. The minimum atomic E-state index is -3.53. The van der Waals surface area contributed by atoms with E-state index in [1.165, 1.54) is 6.92 Å². The van der Waals surface area contributed by atoms with Crippen LogP contribution in [0.2, 0.25) is 0 Å². The highest BCUT2D eigenvalue weighted by Crippen LogP contribution is 2.20. The van der Waals surface area contributed by atoms with Gasteiger partial charge in [-0.25, -0.2) is 13.4 Å². The second-order valence-corrected chi connectivity index (χ2v) is 8.15. The third-order valence-corrected chi connectivity index (χ3v) is 5.06. The zero-order valence-electron chi connectivity index (χ0n) is 15.0. The zero-order chi connectivity index (χ0) is 19.6. The fraction of sp³-hybridized carbons (Fsp3) is 0.211. The summed E-state index contributed by atoms with van der Waals surface area (Å²) in [6.45, 7) is 1.66. The highest BCUT2D eigenvalue weighted by atomic mass is 32.2. The number of carbonyl (C=O) groups is 2. The minimum absolute atomic E-state index is 0.0480. The third kappa shape index (κ3) is 4.22. The Bertz CT molecular complexity index is 1120. The summed E-state index contributed by atoms with van der Waals surface area (Å²) in [5, 5.41) is 2.69. The third-order valence-electron chi connectivity index (χ3n) is 4.09. The van der Waals surface area contributed by atoms with Gasteiger partial charge in [0.2, 0.25) is 20.9 Å². The molecule has 0 spiro atoms. The maximum absolute atomic E-state index is 12.3. The maximum atomic E-state index is 12.3. The first kappa shape index (κ1) is 18.8. The fourth-order valence-corrected chi connectivity index (χ4v) is 3.63. The van der Waals surface area contributed by atoms with Crippen LogP contribution in [0.15, 0.2) is 53.7 Å². The number of ketones is 1. The second kappa shape index (κ2) is 7.32. The van der Waals surface area contributed by atoms with Crippen molar-refractivity contribution < 1.29 is 18.0 Å². The molecular weight excluding hydrogens is 366 g/mol. The molecule has 7 nitrogen and oxygen atoms in total. The minimum Gasteiger partial charge on any atom is -0.326 e. The summed E-state index contributed by atoms with van der Waals surface area (Å²) < 4.78 is 25.6. The molecule has 0 saturated heterocycles. The van der Waals surface area contributed by atoms with Crippen molar-refractivity contribution in [1.29, 1.82) is 0 Å². The van der Waals surface area contributed by atoms with Crippen LogP contribution in [0.3, 0.4) is 0 Å². The van der Waals surface area contributed by atoms with Crippen LogP contribution >= 0.6 is 0 Å². The van der Waals surface area contributed by atoms with E-state index in [9.17, 15) is 18.0 Å². The summed E-state index contributed by atoms with van der Waals surface area (Å²) in [4.78, 5) is 27.7. The van der Waals surface area contributed by atoms with Crippen LogP contribution < -0.4 is 5.32 Å². The number of hydrogen-bond donors (Lipinski definition) is 1. The summed E-state index contributed by atoms with van der Waals surface area (Å²) >= 11 is 0. The molecule has 0 aliphatic carbocycles. The van der Waals surface area contributed by atoms with Crippen molar-refractivity contribution in [2.45, 2.75) is 25.0 Å². The number of anilines is 1. The van der Waals surface area contributed by atoms with Crippen molar-refractivity contribution in [3.05, 3.63) is 54.1 Å². The Balaban J connectivity index is 1.76. The average molecular weight is 385 g/mol. The summed E-state index contributed by atoms with van der Waals surface area (Å²) in [6.07, 6.45) is 1.18. The number of Topliss-reactive ketones (excluding diaryl/α,β-unsaturated/α-hetero) is 1. The van der Waals surface area contributed by atoms with Crippen LogP contribution in [0.1, 0.15) is 23.7 Å². The Morgan fingerprint density at radius 2 is 1.74 bits per heavy atom. The van der Waals surface area contributed by atoms with Gasteiger partial charge in [0, 0.05) is 30.5 Å². The number of para-hydroxylation sites is 2. The van der Waals surface area contributed by atoms with Crippen LogP contribution in [0.5, 0.6) is 0 Å². The fourth-order valence-electron chi connectivity index (χ4n) is 2.78. The van der Waals surface area contributed by atoms with Gasteiger partial charge in [-0.15, -0.1) is 0 Å². The van der Waals surface area contributed by atoms with E-state index in [1.54, 1.807) is 53.1 Å². The standard InChI is InChI=1S/C19H19N3O4S/c1-13(23)14-7-9-15(10-8-14)20-18(24)11-12-22-17-6-4-3-5-16(17)21-19(22)27(2,25)26/h3-10H,11-12H2,1-2H3,(H,20,24). The van der Waals surface area contributed by atoms with Gasteiger partial charge in [0.05, 0.1) is 11.0 Å². The monoisotopic (exact) mass is 385 g/mol. The van der Waals surface area contributed by atoms with E-state index in [0.717, 1.165) is 6.26 Å². The molecule has 1 aromatic heterocycles. The normalized spacial score (nSPS) is 11.5. The van der Waals surface area contributed by atoms with E-state index in [4.69, 9.17) is 0 Å². The van der Waals surface area contributed by atoms with Gasteiger partial charge in [0.15, 0.2) is 5.78 Å². The number of imidazole rings is 1. The van der Waals surface area contributed by atoms with Gasteiger partial charge >= 0.3 is 0 Å². The lowest BCUT2D eigenvalue weighted by Crippen LogP contribution is -2.17. The molecular formula is C19H19N3O4S. The molecule has 1 N–H and O–H groups in total. The molecule has 8 heteroatoms. The van der Waals surface area contributed by atoms with E-state index < -0.39 is 9.84 Å². The van der Waals surface area contributed by atoms with Gasteiger partial charge in [-0.1, -0.05) is 12.1 Å². The van der Waals surface area contributed by atoms with E-state index in [1.807, 2.05) is 0 Å². The van der Waals surface area contributed by atoms with Crippen molar-refractivity contribution in [1.82, 2.24) is 9.55 Å². The first-order chi connectivity index (χ1) is 12.8. The molecule has 0 bridgehead atoms. The SMILES string of the molecule is CC(=O)c1ccc(NC(=O)CCn2c(S(C)(=O)=O)nc3ccccc32)cc1. The van der Waals surface area contributed by atoms with Gasteiger partial charge in [0.25, 0.3) is 0 Å². The quantitative estimate of drug-likeness (QED) is 0.658. The number of rotatable bonds is 6. The molecule has 0 unspecified atom stereocenters. The van der Waals surface area contributed by atoms with Crippen LogP contribution in [0, 0.1) is 0 Å². The summed E-state index contributed by atoms with van der Waals surface area (Å²) in [6, 6.07) is 13.7. The Hall–Kier alpha value is -3.00. The number of carbonyl (C=O) groups excluding carboxylic acids is 2. The molecule has 0 aliphatic heterocycles. The van der Waals surface area contributed by atoms with Gasteiger partial charge in [-0.3, -0.25) is 9.59 Å². The number of aryl methyl sites for hydroxylation is 1. The number of aromatic nitrogens is 2. The van der Waals surface area contributed by atoms with E-state index in [-0.39, 0.29) is 29.8 Å². The Morgan fingerprint density at radius 1 is 1.07 bits per heavy atom. The van der Waals surface area contributed by atoms with Crippen molar-refractivity contribution in [3.63, 3.8) is 0 Å². The predicted octanol–water partition coefficient (Wildman–Crippen LogP) is 2.67. The number of amides is 1. The highest BCUT2D eigenvalue weighted by molar-refractivity contribution is 7.90. The molecule has 140 valence electrons. The highest BCUT2D eigenvalue weighted by Gasteiger charge is 2.19. The number of sulfone groups is 1. The van der Waals surface area contributed by atoms with Crippen LogP contribution in [-0.4, -0.2) is 35.9 Å². The van der Waals surface area contributed by atoms with Gasteiger partial charge < -0.3 is 9.88 Å². The molecule has 0 fully saturated rings. The summed E-state index contributed by atoms with van der Waals surface area (Å²) in [5.74, 6) is -0.309. The topological polar surface area (TPSA) is 98.1 Å². The number of benzene rings is 2. The lowest BCUT2D eigenvalue weighted by atomic mass is 10.1. The number of nitrogens with zero attached hydrogens (tertiary/aromatic N) is 2. The first-order valence-corrected chi connectivity index (χ1v) is 10.2. The van der Waals surface area contributed by atoms with E-state index >= 15 is 0 Å². The largest absolute Gasteiger partial charge is 0.326 e. The Morgan fingerprint density at radius 3 is 2.37 bits per heavy atom. The molecule has 1 amide bonds. The van der Waals surface area contributed by atoms with Crippen LogP contribution in [0.25, 0.3) is 11.0 Å². The van der Waals surface area contributed by atoms with Crippen LogP contribution in [0.4, 0.5) is 5.69 Å². The molecule has 0 atom stereocenters. The lowest BCUT2D eigenvalue weighted by molar-refractivity contribution is -0.116. The van der Waals surface area contributed by atoms with E-state index in [2.05, 4.69) is 10.3 Å². The van der Waals surface area contributed by atoms with Gasteiger partial charge in [0.1, 0.15) is 0 Å². The summed E-state index contributed by atoms with van der Waals surface area (Å²) in [5.41, 5.74) is 2.37. The molecule has 1 heterocycles. The zero-order valence-corrected chi connectivity index (χ0v) is 15.8. The molecule has 0 radical (unpaired) electrons. The van der Waals surface area contributed by atoms with Crippen LogP contribution in [-0.2, 0) is 21.2 Å². The molecule has 3 aromatic rings. The second-order valence-electron chi connectivity index (χ2n) is 6.24. The molecule has 27 heavy (non-hydrogen) atoms. The number of hydrogen-bond acceptors (Lipinski definition) is 5. The van der Waals surface area contributed by atoms with Crippen molar-refractivity contribution in [2.75, 3.05) is 11.6 Å². The van der Waals surface area contributed by atoms with Crippen molar-refractivity contribution in [3.8, 4) is 0 Å². The maximum Gasteiger partial charge on any atom is 0.228 e. The predicted molar refractivity (Wildman–Crippen MR) is 103 cm³/mol. The molecule has 0 aliphatic rings. The Kier molecular flexibility index (Phi) is 5.09. The first-order valence-electron chi connectivity index (χ1n) is 8.32. The number of nitrogens with one attached hydrogen (secondary N) is 1. The van der Waals surface area contributed by atoms with Crippen molar-refractivity contribution in [2.24, 2.45) is 0 Å². The molecule has 2 aromatic carbocycles.